The van der Waals surface area contributed by atoms with E-state index >= 15 is 0 Å². The topological polar surface area (TPSA) is 110 Å². The largest absolute Gasteiger partial charge is 0.493 e. The van der Waals surface area contributed by atoms with Crippen LogP contribution in [0.3, 0.4) is 0 Å². The van der Waals surface area contributed by atoms with E-state index in [1.54, 1.807) is 38.6 Å². The van der Waals surface area contributed by atoms with Crippen molar-refractivity contribution in [1.82, 2.24) is 19.4 Å². The molecular weight excluding hydrogens is 540 g/mol. The van der Waals surface area contributed by atoms with Gasteiger partial charge in [-0.3, -0.25) is 4.90 Å². The van der Waals surface area contributed by atoms with Crippen LogP contribution in [0.4, 0.5) is 0 Å². The molecule has 6 rings (SSSR count). The Bertz CT molecular complexity index is 1830. The molecule has 10 heteroatoms. The van der Waals surface area contributed by atoms with Crippen molar-refractivity contribution in [2.24, 2.45) is 7.05 Å². The molecule has 2 N–H and O–H groups in total. The number of hydrogen-bond acceptors (Lipinski definition) is 7. The smallest absolute Gasteiger partial charge is 0.198 e. The number of benzene rings is 2. The molecule has 0 amide bonds. The summed E-state index contributed by atoms with van der Waals surface area (Å²) < 4.78 is 41.7. The van der Waals surface area contributed by atoms with Gasteiger partial charge in [0, 0.05) is 60.6 Å². The van der Waals surface area contributed by atoms with Gasteiger partial charge >= 0.3 is 0 Å². The van der Waals surface area contributed by atoms with Crippen LogP contribution in [0.2, 0.25) is 0 Å². The van der Waals surface area contributed by atoms with Crippen LogP contribution in [0.15, 0.2) is 65.8 Å². The number of H-pyrrole nitrogens is 1. The van der Waals surface area contributed by atoms with E-state index in [-0.39, 0.29) is 4.90 Å². The molecule has 1 atom stereocenters. The highest BCUT2D eigenvalue weighted by molar-refractivity contribution is 7.91. The molecule has 0 aliphatic carbocycles. The number of nitrogens with zero attached hydrogens (tertiary/aromatic N) is 3. The van der Waals surface area contributed by atoms with Gasteiger partial charge in [-0.05, 0) is 55.7 Å². The molecule has 2 aromatic carbocycles. The highest BCUT2D eigenvalue weighted by Gasteiger charge is 2.37. The normalized spacial score (nSPS) is 15.9. The van der Waals surface area contributed by atoms with Gasteiger partial charge in [0.25, 0.3) is 0 Å². The summed E-state index contributed by atoms with van der Waals surface area (Å²) >= 11 is 0. The maximum atomic E-state index is 14.3. The van der Waals surface area contributed by atoms with Crippen LogP contribution in [0, 0.1) is 6.92 Å². The standard InChI is InChI=1S/C31H34N4O5S/c1-19-5-7-21(8-6-19)41(37,38)31(35-13-10-20(36)11-14-35)22-9-12-32-30-24(22)15-26(33-30)25-18-34(2)27-17-29(40-4)28(39-3)16-23(25)27/h5-9,12,15-18,20,31,36H,10-11,13-14H2,1-4H3,(H,32,33). The Morgan fingerprint density at radius 3 is 2.37 bits per heavy atom. The number of piperidine rings is 1. The van der Waals surface area contributed by atoms with E-state index in [2.05, 4.69) is 9.97 Å². The lowest BCUT2D eigenvalue weighted by Gasteiger charge is -2.36. The number of pyridine rings is 1. The maximum Gasteiger partial charge on any atom is 0.198 e. The number of fused-ring (bicyclic) bond motifs is 2. The van der Waals surface area contributed by atoms with Crippen molar-refractivity contribution >= 4 is 31.8 Å². The molecule has 1 aliphatic heterocycles. The molecule has 0 spiro atoms. The molecule has 4 heterocycles. The number of likely N-dealkylation sites (tertiary alicyclic amines) is 1. The fourth-order valence-electron chi connectivity index (χ4n) is 5.87. The van der Waals surface area contributed by atoms with Gasteiger partial charge in [0.05, 0.1) is 30.7 Å². The summed E-state index contributed by atoms with van der Waals surface area (Å²) in [7, 11) is 1.38. The van der Waals surface area contributed by atoms with Crippen molar-refractivity contribution < 1.29 is 23.0 Å². The summed E-state index contributed by atoms with van der Waals surface area (Å²) in [5.74, 6) is 1.27. The minimum atomic E-state index is -3.81. The van der Waals surface area contributed by atoms with Crippen LogP contribution in [-0.4, -0.2) is 66.4 Å². The summed E-state index contributed by atoms with van der Waals surface area (Å²) in [4.78, 5) is 10.3. The summed E-state index contributed by atoms with van der Waals surface area (Å²) in [5.41, 5.74) is 4.98. The summed E-state index contributed by atoms with van der Waals surface area (Å²) in [6.07, 6.45) is 4.31. The number of sulfone groups is 1. The number of nitrogens with one attached hydrogen (secondary N) is 1. The number of rotatable bonds is 7. The quantitative estimate of drug-likeness (QED) is 0.282. The van der Waals surface area contributed by atoms with Crippen LogP contribution >= 0.6 is 0 Å². The van der Waals surface area contributed by atoms with Crippen molar-refractivity contribution in [1.29, 1.82) is 0 Å². The molecule has 5 aromatic rings. The maximum absolute atomic E-state index is 14.3. The minimum absolute atomic E-state index is 0.273. The third-order valence-corrected chi connectivity index (χ3v) is 10.2. The van der Waals surface area contributed by atoms with Gasteiger partial charge in [0.1, 0.15) is 11.0 Å². The van der Waals surface area contributed by atoms with Crippen molar-refractivity contribution in [3.8, 4) is 22.8 Å². The molecule has 0 radical (unpaired) electrons. The molecule has 1 aliphatic rings. The predicted molar refractivity (Wildman–Crippen MR) is 159 cm³/mol. The summed E-state index contributed by atoms with van der Waals surface area (Å²) in [6, 6.07) is 14.7. The SMILES string of the molecule is COc1cc2c(-c3cc4c(C(N5CCC(O)CC5)S(=O)(=O)c5ccc(C)cc5)ccnc4[nH]3)cn(C)c2cc1OC. The highest BCUT2D eigenvalue weighted by atomic mass is 32.2. The van der Waals surface area contributed by atoms with Crippen LogP contribution in [0.5, 0.6) is 11.5 Å². The average molecular weight is 575 g/mol. The van der Waals surface area contributed by atoms with Crippen molar-refractivity contribution in [3.63, 3.8) is 0 Å². The number of methoxy groups -OCH3 is 2. The molecule has 1 unspecified atom stereocenters. The van der Waals surface area contributed by atoms with Crippen molar-refractivity contribution in [3.05, 3.63) is 72.1 Å². The summed E-state index contributed by atoms with van der Waals surface area (Å²) in [5, 5.41) is 11.0. The Hall–Kier alpha value is -3.86. The lowest BCUT2D eigenvalue weighted by Crippen LogP contribution is -2.41. The van der Waals surface area contributed by atoms with E-state index in [0.29, 0.717) is 48.6 Å². The third-order valence-electron chi connectivity index (χ3n) is 8.09. The van der Waals surface area contributed by atoms with Gasteiger partial charge in [-0.15, -0.1) is 0 Å². The van der Waals surface area contributed by atoms with Crippen LogP contribution in [0.25, 0.3) is 33.2 Å². The number of hydrogen-bond donors (Lipinski definition) is 2. The molecule has 9 nitrogen and oxygen atoms in total. The number of aliphatic hydroxyl groups is 1. The molecule has 214 valence electrons. The van der Waals surface area contributed by atoms with Gasteiger partial charge in [0.2, 0.25) is 0 Å². The Kier molecular flexibility index (Phi) is 7.01. The second-order valence-electron chi connectivity index (χ2n) is 10.7. The average Bonchev–Trinajstić information content (AvgIpc) is 3.54. The van der Waals surface area contributed by atoms with Crippen LogP contribution in [0.1, 0.15) is 29.3 Å². The zero-order chi connectivity index (χ0) is 28.9. The fourth-order valence-corrected chi connectivity index (χ4v) is 7.78. The van der Waals surface area contributed by atoms with Gasteiger partial charge in [0.15, 0.2) is 21.3 Å². The first kappa shape index (κ1) is 27.3. The fraction of sp³-hybridized carbons (Fsp3) is 0.323. The first-order chi connectivity index (χ1) is 19.7. The molecule has 1 fully saturated rings. The molecule has 3 aromatic heterocycles. The van der Waals surface area contributed by atoms with E-state index in [0.717, 1.165) is 33.1 Å². The Morgan fingerprint density at radius 1 is 1.00 bits per heavy atom. The minimum Gasteiger partial charge on any atom is -0.493 e. The van der Waals surface area contributed by atoms with E-state index in [1.807, 2.05) is 60.0 Å². The predicted octanol–water partition coefficient (Wildman–Crippen LogP) is 4.98. The molecule has 41 heavy (non-hydrogen) atoms. The van der Waals surface area contributed by atoms with E-state index < -0.39 is 21.3 Å². The van der Waals surface area contributed by atoms with E-state index in [4.69, 9.17) is 9.47 Å². The highest BCUT2D eigenvalue weighted by Crippen LogP contribution is 2.41. The van der Waals surface area contributed by atoms with E-state index in [9.17, 15) is 13.5 Å². The van der Waals surface area contributed by atoms with Gasteiger partial charge in [-0.2, -0.15) is 0 Å². The number of aromatic amines is 1. The molecular formula is C31H34N4O5S. The Labute approximate surface area is 239 Å². The van der Waals surface area contributed by atoms with Gasteiger partial charge in [-0.1, -0.05) is 17.7 Å². The Morgan fingerprint density at radius 2 is 1.68 bits per heavy atom. The van der Waals surface area contributed by atoms with Crippen LogP contribution in [-0.2, 0) is 16.9 Å². The lowest BCUT2D eigenvalue weighted by molar-refractivity contribution is 0.0759. The van der Waals surface area contributed by atoms with Crippen LogP contribution < -0.4 is 9.47 Å². The first-order valence-electron chi connectivity index (χ1n) is 13.6. The Balaban J connectivity index is 1.52. The van der Waals surface area contributed by atoms with Crippen molar-refractivity contribution in [2.75, 3.05) is 27.3 Å². The second kappa shape index (κ2) is 10.5. The van der Waals surface area contributed by atoms with Crippen molar-refractivity contribution in [2.45, 2.75) is 36.1 Å². The first-order valence-corrected chi connectivity index (χ1v) is 15.2. The molecule has 0 bridgehead atoms. The number of aryl methyl sites for hydroxylation is 2. The lowest BCUT2D eigenvalue weighted by atomic mass is 10.1. The zero-order valence-corrected chi connectivity index (χ0v) is 24.4. The summed E-state index contributed by atoms with van der Waals surface area (Å²) in [6.45, 7) is 2.89. The number of aromatic nitrogens is 3. The molecule has 0 saturated carbocycles. The number of aliphatic hydroxyl groups excluding tert-OH is 1. The second-order valence-corrected chi connectivity index (χ2v) is 12.7. The van der Waals surface area contributed by atoms with Gasteiger partial charge < -0.3 is 24.1 Å². The third kappa shape index (κ3) is 4.75. The van der Waals surface area contributed by atoms with Gasteiger partial charge in [-0.25, -0.2) is 13.4 Å². The van der Waals surface area contributed by atoms with E-state index in [1.165, 1.54) is 0 Å². The molecule has 1 saturated heterocycles. The number of ether oxygens (including phenoxy) is 2. The zero-order valence-electron chi connectivity index (χ0n) is 23.6. The monoisotopic (exact) mass is 574 g/mol.